The summed E-state index contributed by atoms with van der Waals surface area (Å²) in [6.45, 7) is 6.00. The smallest absolute Gasteiger partial charge is 0.336 e. The summed E-state index contributed by atoms with van der Waals surface area (Å²) in [5.74, 6) is -0.933. The van der Waals surface area contributed by atoms with Crippen molar-refractivity contribution >= 4 is 29.5 Å². The Morgan fingerprint density at radius 2 is 2.00 bits per heavy atom. The van der Waals surface area contributed by atoms with Crippen LogP contribution in [0.4, 0.5) is 0 Å². The van der Waals surface area contributed by atoms with Gasteiger partial charge in [-0.05, 0) is 42.7 Å². The molecule has 1 aliphatic carbocycles. The van der Waals surface area contributed by atoms with Crippen molar-refractivity contribution in [2.24, 2.45) is 11.8 Å². The lowest BCUT2D eigenvalue weighted by atomic mass is 9.69. The Kier molecular flexibility index (Phi) is 8.24. The van der Waals surface area contributed by atoms with Crippen LogP contribution in [-0.4, -0.2) is 50.1 Å². The van der Waals surface area contributed by atoms with Gasteiger partial charge < -0.3 is 19.5 Å². The van der Waals surface area contributed by atoms with Crippen LogP contribution in [0.3, 0.4) is 0 Å². The van der Waals surface area contributed by atoms with E-state index in [9.17, 15) is 14.4 Å². The van der Waals surface area contributed by atoms with Crippen LogP contribution < -0.4 is 10.1 Å². The number of ketones is 1. The molecule has 1 heterocycles. The van der Waals surface area contributed by atoms with E-state index in [1.165, 1.54) is 7.11 Å². The summed E-state index contributed by atoms with van der Waals surface area (Å²) in [4.78, 5) is 39.4. The molecule has 0 radical (unpaired) electrons. The molecule has 1 N–H and O–H groups in total. The Labute approximate surface area is 198 Å². The van der Waals surface area contributed by atoms with Crippen molar-refractivity contribution in [2.75, 3.05) is 32.3 Å². The van der Waals surface area contributed by atoms with E-state index in [-0.39, 0.29) is 18.3 Å². The Balaban J connectivity index is 2.09. The van der Waals surface area contributed by atoms with Crippen LogP contribution in [0.2, 0.25) is 0 Å². The van der Waals surface area contributed by atoms with Crippen LogP contribution in [0, 0.1) is 11.8 Å². The van der Waals surface area contributed by atoms with Gasteiger partial charge in [0.1, 0.15) is 18.3 Å². The predicted molar refractivity (Wildman–Crippen MR) is 127 cm³/mol. The van der Waals surface area contributed by atoms with E-state index in [0.29, 0.717) is 34.8 Å². The predicted octanol–water partition coefficient (Wildman–Crippen LogP) is 3.60. The third-order valence-electron chi connectivity index (χ3n) is 6.06. The third kappa shape index (κ3) is 5.11. The van der Waals surface area contributed by atoms with Gasteiger partial charge in [-0.2, -0.15) is 11.8 Å². The van der Waals surface area contributed by atoms with Gasteiger partial charge in [-0.3, -0.25) is 9.59 Å². The van der Waals surface area contributed by atoms with E-state index in [1.54, 1.807) is 24.9 Å². The molecule has 3 atom stereocenters. The molecule has 1 aromatic carbocycles. The first-order chi connectivity index (χ1) is 15.8. The fourth-order valence-corrected chi connectivity index (χ4v) is 5.01. The zero-order chi connectivity index (χ0) is 24.1. The van der Waals surface area contributed by atoms with E-state index in [4.69, 9.17) is 14.2 Å². The normalized spacial score (nSPS) is 22.5. The lowest BCUT2D eigenvalue weighted by Crippen LogP contribution is -2.43. The highest BCUT2D eigenvalue weighted by Gasteiger charge is 2.47. The minimum atomic E-state index is -0.916. The Hall–Kier alpha value is -2.74. The molecule has 1 aliphatic heterocycles. The van der Waals surface area contributed by atoms with Crippen LogP contribution in [0.25, 0.3) is 0 Å². The molecule has 2 aliphatic rings. The monoisotopic (exact) mass is 473 g/mol. The maximum absolute atomic E-state index is 13.7. The number of Topliss-reactive ketones (excluding diaryl/α,β-unsaturated/α-hetero) is 1. The van der Waals surface area contributed by atoms with Gasteiger partial charge in [-0.15, -0.1) is 0 Å². The number of esters is 2. The van der Waals surface area contributed by atoms with Gasteiger partial charge in [-0.25, -0.2) is 4.79 Å². The molecule has 8 heteroatoms. The van der Waals surface area contributed by atoms with Crippen LogP contribution >= 0.6 is 11.8 Å². The molecular weight excluding hydrogens is 442 g/mol. The van der Waals surface area contributed by atoms with E-state index < -0.39 is 23.8 Å². The highest BCUT2D eigenvalue weighted by molar-refractivity contribution is 7.99. The van der Waals surface area contributed by atoms with Gasteiger partial charge in [0.15, 0.2) is 5.78 Å². The van der Waals surface area contributed by atoms with Crippen molar-refractivity contribution in [2.45, 2.75) is 33.1 Å². The molecule has 0 aromatic heterocycles. The quantitative estimate of drug-likeness (QED) is 0.348. The highest BCUT2D eigenvalue weighted by atomic mass is 32.2. The molecule has 0 amide bonds. The van der Waals surface area contributed by atoms with Gasteiger partial charge >= 0.3 is 11.9 Å². The topological polar surface area (TPSA) is 90.9 Å². The van der Waals surface area contributed by atoms with E-state index in [0.717, 1.165) is 17.0 Å². The molecule has 0 spiro atoms. The molecule has 0 bridgehead atoms. The summed E-state index contributed by atoms with van der Waals surface area (Å²) >= 11 is 1.68. The number of benzene rings is 1. The number of carbonyl (C=O) groups is 3. The average molecular weight is 474 g/mol. The number of rotatable bonds is 8. The number of thioether (sulfide) groups is 1. The summed E-state index contributed by atoms with van der Waals surface area (Å²) in [7, 11) is 2.85. The van der Waals surface area contributed by atoms with Gasteiger partial charge in [0, 0.05) is 28.6 Å². The second-order valence-corrected chi connectivity index (χ2v) is 9.54. The Morgan fingerprint density at radius 1 is 1.24 bits per heavy atom. The van der Waals surface area contributed by atoms with Crippen molar-refractivity contribution in [1.82, 2.24) is 5.32 Å². The maximum atomic E-state index is 13.7. The molecule has 3 rings (SSSR count). The second-order valence-electron chi connectivity index (χ2n) is 8.14. The summed E-state index contributed by atoms with van der Waals surface area (Å²) in [5.41, 5.74) is 2.89. The SMILES string of the molecule is CCSCCOC(=O)C1=C(C)NC2=C(C(=O)[C@H](C(=O)OC)[C@@H](C)C2)[C@@H]1c1cccc(OC)c1. The number of carbonyl (C=O) groups excluding carboxylic acids is 3. The lowest BCUT2D eigenvalue weighted by molar-refractivity contribution is -0.151. The first-order valence-electron chi connectivity index (χ1n) is 11.1. The first-order valence-corrected chi connectivity index (χ1v) is 12.2. The number of methoxy groups -OCH3 is 2. The average Bonchev–Trinajstić information content (AvgIpc) is 2.80. The third-order valence-corrected chi connectivity index (χ3v) is 6.92. The van der Waals surface area contributed by atoms with Crippen molar-refractivity contribution in [3.05, 3.63) is 52.4 Å². The van der Waals surface area contributed by atoms with E-state index in [1.807, 2.05) is 39.0 Å². The molecule has 33 heavy (non-hydrogen) atoms. The second kappa shape index (κ2) is 10.9. The van der Waals surface area contributed by atoms with Crippen molar-refractivity contribution in [1.29, 1.82) is 0 Å². The molecular formula is C25H31NO6S. The number of nitrogens with one attached hydrogen (secondary N) is 1. The molecule has 0 unspecified atom stereocenters. The first kappa shape index (κ1) is 24.9. The highest BCUT2D eigenvalue weighted by Crippen LogP contribution is 2.45. The van der Waals surface area contributed by atoms with Crippen LogP contribution in [0.5, 0.6) is 5.75 Å². The number of hydrogen-bond acceptors (Lipinski definition) is 8. The lowest BCUT2D eigenvalue weighted by Gasteiger charge is -2.38. The van der Waals surface area contributed by atoms with Gasteiger partial charge in [-0.1, -0.05) is 26.0 Å². The zero-order valence-electron chi connectivity index (χ0n) is 19.7. The number of ether oxygens (including phenoxy) is 3. The molecule has 178 valence electrons. The minimum Gasteiger partial charge on any atom is -0.497 e. The zero-order valence-corrected chi connectivity index (χ0v) is 20.5. The summed E-state index contributed by atoms with van der Waals surface area (Å²) in [6, 6.07) is 7.29. The summed E-state index contributed by atoms with van der Waals surface area (Å²) < 4.78 is 15.9. The molecule has 0 fully saturated rings. The van der Waals surface area contributed by atoms with Crippen LogP contribution in [0.15, 0.2) is 46.8 Å². The van der Waals surface area contributed by atoms with E-state index >= 15 is 0 Å². The van der Waals surface area contributed by atoms with Crippen molar-refractivity contribution in [3.63, 3.8) is 0 Å². The van der Waals surface area contributed by atoms with Gasteiger partial charge in [0.2, 0.25) is 0 Å². The minimum absolute atomic E-state index is 0.227. The number of dihydropyridines is 1. The number of allylic oxidation sites excluding steroid dienone is 3. The largest absolute Gasteiger partial charge is 0.497 e. The fourth-order valence-electron chi connectivity index (χ4n) is 4.52. The molecule has 7 nitrogen and oxygen atoms in total. The van der Waals surface area contributed by atoms with Crippen molar-refractivity contribution < 1.29 is 28.6 Å². The molecule has 0 saturated carbocycles. The van der Waals surface area contributed by atoms with Gasteiger partial charge in [0.05, 0.1) is 19.8 Å². The summed E-state index contributed by atoms with van der Waals surface area (Å²) in [6.07, 6.45) is 0.494. The number of hydrogen-bond donors (Lipinski definition) is 1. The molecule has 0 saturated heterocycles. The Morgan fingerprint density at radius 3 is 2.67 bits per heavy atom. The van der Waals surface area contributed by atoms with Crippen LogP contribution in [0.1, 0.15) is 38.7 Å². The fraction of sp³-hybridized carbons (Fsp3) is 0.480. The summed E-state index contributed by atoms with van der Waals surface area (Å²) in [5, 5.41) is 3.27. The van der Waals surface area contributed by atoms with Crippen LogP contribution in [-0.2, 0) is 23.9 Å². The van der Waals surface area contributed by atoms with Gasteiger partial charge in [0.25, 0.3) is 0 Å². The Bertz CT molecular complexity index is 998. The maximum Gasteiger partial charge on any atom is 0.336 e. The van der Waals surface area contributed by atoms with E-state index in [2.05, 4.69) is 5.32 Å². The van der Waals surface area contributed by atoms with Crippen molar-refractivity contribution in [3.8, 4) is 5.75 Å². The molecule has 1 aromatic rings. The standard InChI is InChI=1S/C25H31NO6S/c1-6-33-11-10-32-25(29)20-15(3)26-18-12-14(2)19(24(28)31-5)23(27)22(18)21(20)16-8-7-9-17(13-16)30-4/h7-9,13-14,19,21,26H,6,10-12H2,1-5H3/t14-,19+,21+/m0/s1.